The van der Waals surface area contributed by atoms with Crippen molar-refractivity contribution in [2.45, 2.75) is 25.7 Å². The molecular formula is C14H16Cl2N2O. The smallest absolute Gasteiger partial charge is 0.255 e. The Morgan fingerprint density at radius 2 is 1.79 bits per heavy atom. The molecule has 0 atom stereocenters. The minimum absolute atomic E-state index is 0.00639. The number of hydrogen-bond acceptors (Lipinski definition) is 2. The van der Waals surface area contributed by atoms with Crippen molar-refractivity contribution >= 4 is 29.1 Å². The Kier molecular flexibility index (Phi) is 3.68. The van der Waals surface area contributed by atoms with Crippen molar-refractivity contribution in [2.24, 2.45) is 11.8 Å². The Balaban J connectivity index is 1.78. The minimum Gasteiger partial charge on any atom is -0.338 e. The number of halogens is 2. The van der Waals surface area contributed by atoms with E-state index in [-0.39, 0.29) is 5.91 Å². The van der Waals surface area contributed by atoms with E-state index in [2.05, 4.69) is 4.98 Å². The normalized spacial score (nSPS) is 18.4. The zero-order valence-corrected chi connectivity index (χ0v) is 12.1. The average Bonchev–Trinajstić information content (AvgIpc) is 3.25. The lowest BCUT2D eigenvalue weighted by Crippen LogP contribution is -2.35. The van der Waals surface area contributed by atoms with E-state index < -0.39 is 0 Å². The fourth-order valence-corrected chi connectivity index (χ4v) is 2.55. The summed E-state index contributed by atoms with van der Waals surface area (Å²) in [6.45, 7) is 1.71. The van der Waals surface area contributed by atoms with Gasteiger partial charge in [0.1, 0.15) is 5.15 Å². The van der Waals surface area contributed by atoms with Crippen LogP contribution in [0.2, 0.25) is 10.2 Å². The summed E-state index contributed by atoms with van der Waals surface area (Å²) >= 11 is 11.9. The summed E-state index contributed by atoms with van der Waals surface area (Å²) in [5.41, 5.74) is 0.475. The number of aromatic nitrogens is 1. The lowest BCUT2D eigenvalue weighted by molar-refractivity contribution is 0.0739. The Labute approximate surface area is 122 Å². The SMILES string of the molecule is O=C(c1cc(Cl)ncc1Cl)N(CC1CC1)CC1CC1. The van der Waals surface area contributed by atoms with E-state index in [4.69, 9.17) is 23.2 Å². The predicted molar refractivity (Wildman–Crippen MR) is 75.6 cm³/mol. The molecule has 3 rings (SSSR count). The first-order valence-electron chi connectivity index (χ1n) is 6.74. The van der Waals surface area contributed by atoms with Gasteiger partial charge in [-0.1, -0.05) is 23.2 Å². The Bertz CT molecular complexity index is 484. The molecule has 0 bridgehead atoms. The summed E-state index contributed by atoms with van der Waals surface area (Å²) in [5.74, 6) is 1.35. The molecule has 0 aliphatic heterocycles. The van der Waals surface area contributed by atoms with Crippen LogP contribution in [0.1, 0.15) is 36.0 Å². The third-order valence-electron chi connectivity index (χ3n) is 3.69. The van der Waals surface area contributed by atoms with Crippen LogP contribution in [0.25, 0.3) is 0 Å². The summed E-state index contributed by atoms with van der Waals surface area (Å²) < 4.78 is 0. The van der Waals surface area contributed by atoms with Gasteiger partial charge in [0, 0.05) is 19.3 Å². The molecule has 19 heavy (non-hydrogen) atoms. The highest BCUT2D eigenvalue weighted by molar-refractivity contribution is 6.35. The van der Waals surface area contributed by atoms with Crippen LogP contribution in [0, 0.1) is 11.8 Å². The molecule has 2 aliphatic rings. The largest absolute Gasteiger partial charge is 0.338 e. The van der Waals surface area contributed by atoms with Gasteiger partial charge in [0.05, 0.1) is 10.6 Å². The lowest BCUT2D eigenvalue weighted by Gasteiger charge is -2.23. The molecule has 2 saturated carbocycles. The first kappa shape index (κ1) is 13.2. The van der Waals surface area contributed by atoms with Gasteiger partial charge in [-0.3, -0.25) is 4.79 Å². The van der Waals surface area contributed by atoms with Gasteiger partial charge in [-0.05, 0) is 43.6 Å². The van der Waals surface area contributed by atoms with E-state index in [1.165, 1.54) is 31.9 Å². The lowest BCUT2D eigenvalue weighted by atomic mass is 10.2. The number of amides is 1. The van der Waals surface area contributed by atoms with Crippen LogP contribution in [0.3, 0.4) is 0 Å². The van der Waals surface area contributed by atoms with Gasteiger partial charge >= 0.3 is 0 Å². The second-order valence-corrected chi connectivity index (χ2v) is 6.38. The molecule has 0 aromatic carbocycles. The molecule has 0 spiro atoms. The molecule has 0 unspecified atom stereocenters. The van der Waals surface area contributed by atoms with E-state index >= 15 is 0 Å². The predicted octanol–water partition coefficient (Wildman–Crippen LogP) is 3.65. The maximum atomic E-state index is 12.6. The summed E-state index contributed by atoms with van der Waals surface area (Å²) in [4.78, 5) is 18.4. The van der Waals surface area contributed by atoms with E-state index in [9.17, 15) is 4.79 Å². The van der Waals surface area contributed by atoms with Gasteiger partial charge in [-0.15, -0.1) is 0 Å². The van der Waals surface area contributed by atoms with E-state index in [1.807, 2.05) is 4.90 Å². The molecule has 2 fully saturated rings. The zero-order valence-electron chi connectivity index (χ0n) is 10.6. The summed E-state index contributed by atoms with van der Waals surface area (Å²) in [5, 5.41) is 0.691. The second-order valence-electron chi connectivity index (χ2n) is 5.58. The Hall–Kier alpha value is -0.800. The van der Waals surface area contributed by atoms with E-state index in [0.29, 0.717) is 27.6 Å². The maximum absolute atomic E-state index is 12.6. The third-order valence-corrected chi connectivity index (χ3v) is 4.20. The first-order valence-corrected chi connectivity index (χ1v) is 7.49. The number of rotatable bonds is 5. The molecule has 5 heteroatoms. The Morgan fingerprint density at radius 3 is 2.32 bits per heavy atom. The van der Waals surface area contributed by atoms with Gasteiger partial charge in [0.15, 0.2) is 0 Å². The molecule has 0 radical (unpaired) electrons. The van der Waals surface area contributed by atoms with Crippen LogP contribution >= 0.6 is 23.2 Å². The van der Waals surface area contributed by atoms with Crippen LogP contribution in [0.15, 0.2) is 12.3 Å². The van der Waals surface area contributed by atoms with Crippen LogP contribution in [-0.2, 0) is 0 Å². The molecular weight excluding hydrogens is 283 g/mol. The van der Waals surface area contributed by atoms with Gasteiger partial charge < -0.3 is 4.90 Å². The summed E-state index contributed by atoms with van der Waals surface area (Å²) in [6.07, 6.45) is 6.39. The minimum atomic E-state index is -0.00639. The fraction of sp³-hybridized carbons (Fsp3) is 0.571. The quantitative estimate of drug-likeness (QED) is 0.778. The number of carbonyl (C=O) groups excluding carboxylic acids is 1. The van der Waals surface area contributed by atoms with Crippen LogP contribution in [0.4, 0.5) is 0 Å². The highest BCUT2D eigenvalue weighted by Gasteiger charge is 2.32. The average molecular weight is 299 g/mol. The molecule has 0 saturated heterocycles. The van der Waals surface area contributed by atoms with Crippen molar-refractivity contribution in [3.8, 4) is 0 Å². The monoisotopic (exact) mass is 298 g/mol. The summed E-state index contributed by atoms with van der Waals surface area (Å²) in [7, 11) is 0. The second kappa shape index (κ2) is 5.29. The van der Waals surface area contributed by atoms with Gasteiger partial charge in [-0.2, -0.15) is 0 Å². The standard InChI is InChI=1S/C14H16Cl2N2O/c15-12-6-17-13(16)5-11(12)14(19)18(7-9-1-2-9)8-10-3-4-10/h5-6,9-10H,1-4,7-8H2. The van der Waals surface area contributed by atoms with Crippen molar-refractivity contribution in [1.82, 2.24) is 9.88 Å². The number of carbonyl (C=O) groups is 1. The molecule has 3 nitrogen and oxygen atoms in total. The number of pyridine rings is 1. The summed E-state index contributed by atoms with van der Waals surface area (Å²) in [6, 6.07) is 1.57. The van der Waals surface area contributed by atoms with E-state index in [0.717, 1.165) is 13.1 Å². The molecule has 1 aromatic rings. The van der Waals surface area contributed by atoms with Gasteiger partial charge in [0.25, 0.3) is 5.91 Å². The Morgan fingerprint density at radius 1 is 1.21 bits per heavy atom. The van der Waals surface area contributed by atoms with Crippen molar-refractivity contribution in [3.05, 3.63) is 28.0 Å². The topological polar surface area (TPSA) is 33.2 Å². The maximum Gasteiger partial charge on any atom is 0.255 e. The first-order chi connectivity index (χ1) is 9.13. The number of hydrogen-bond donors (Lipinski definition) is 0. The molecule has 1 aromatic heterocycles. The fourth-order valence-electron chi connectivity index (χ4n) is 2.21. The molecule has 102 valence electrons. The molecule has 0 N–H and O–H groups in total. The molecule has 1 heterocycles. The van der Waals surface area contributed by atoms with Gasteiger partial charge in [0.2, 0.25) is 0 Å². The highest BCUT2D eigenvalue weighted by Crippen LogP contribution is 2.34. The molecule has 2 aliphatic carbocycles. The van der Waals surface area contributed by atoms with Crippen molar-refractivity contribution < 1.29 is 4.79 Å². The van der Waals surface area contributed by atoms with Crippen LogP contribution in [-0.4, -0.2) is 28.9 Å². The number of nitrogens with zero attached hydrogens (tertiary/aromatic N) is 2. The van der Waals surface area contributed by atoms with Crippen LogP contribution < -0.4 is 0 Å². The van der Waals surface area contributed by atoms with Crippen molar-refractivity contribution in [2.75, 3.05) is 13.1 Å². The van der Waals surface area contributed by atoms with E-state index in [1.54, 1.807) is 6.07 Å². The van der Waals surface area contributed by atoms with Gasteiger partial charge in [-0.25, -0.2) is 4.98 Å². The molecule has 1 amide bonds. The van der Waals surface area contributed by atoms with Crippen molar-refractivity contribution in [1.29, 1.82) is 0 Å². The van der Waals surface area contributed by atoms with Crippen LogP contribution in [0.5, 0.6) is 0 Å². The van der Waals surface area contributed by atoms with Crippen molar-refractivity contribution in [3.63, 3.8) is 0 Å². The zero-order chi connectivity index (χ0) is 13.4. The highest BCUT2D eigenvalue weighted by atomic mass is 35.5. The third kappa shape index (κ3) is 3.40.